The van der Waals surface area contributed by atoms with E-state index < -0.39 is 0 Å². The van der Waals surface area contributed by atoms with Crippen LogP contribution < -0.4 is 0 Å². The van der Waals surface area contributed by atoms with Gasteiger partial charge in [-0.2, -0.15) is 0 Å². The molecule has 0 bridgehead atoms. The highest BCUT2D eigenvalue weighted by Gasteiger charge is 2.14. The highest BCUT2D eigenvalue weighted by molar-refractivity contribution is 8.50. The fourth-order valence-electron chi connectivity index (χ4n) is 1.05. The first-order valence-electron chi connectivity index (χ1n) is 5.81. The predicted molar refractivity (Wildman–Crippen MR) is 92.7 cm³/mol. The second-order valence-electron chi connectivity index (χ2n) is 4.48. The second-order valence-corrected chi connectivity index (χ2v) is 7.77. The quantitative estimate of drug-likeness (QED) is 0.547. The molecule has 0 aliphatic heterocycles. The van der Waals surface area contributed by atoms with Crippen LogP contribution in [0.4, 0.5) is 0 Å². The fraction of sp³-hybridized carbons (Fsp3) is 0.462. The summed E-state index contributed by atoms with van der Waals surface area (Å²) in [6.07, 6.45) is 3.45. The van der Waals surface area contributed by atoms with Crippen LogP contribution >= 0.6 is 35.7 Å². The molecule has 0 fully saturated rings. The third-order valence-corrected chi connectivity index (χ3v) is 4.39. The van der Waals surface area contributed by atoms with E-state index in [4.69, 9.17) is 12.2 Å². The molecular weight excluding hydrogens is 312 g/mol. The first-order chi connectivity index (χ1) is 9.13. The Kier molecular flexibility index (Phi) is 8.84. The van der Waals surface area contributed by atoms with Crippen LogP contribution in [0.15, 0.2) is 22.2 Å². The van der Waals surface area contributed by atoms with Crippen LogP contribution in [0.25, 0.3) is 0 Å². The maximum atomic E-state index is 11.5. The number of Topliss-reactive ketones (excluding diaryl/α,β-unsaturated/α-hetero) is 2. The molecule has 0 radical (unpaired) electrons. The van der Waals surface area contributed by atoms with Gasteiger partial charge >= 0.3 is 0 Å². The van der Waals surface area contributed by atoms with Gasteiger partial charge in [0.2, 0.25) is 0 Å². The number of hydrogen-bond donors (Lipinski definition) is 0. The third kappa shape index (κ3) is 8.39. The molecule has 0 aliphatic rings. The van der Waals surface area contributed by atoms with Crippen molar-refractivity contribution < 1.29 is 9.59 Å². The number of thioether (sulfide) groups is 2. The average molecular weight is 333 g/mol. The van der Waals surface area contributed by atoms with Gasteiger partial charge in [-0.1, -0.05) is 35.7 Å². The molecule has 0 N–H and O–H groups in total. The maximum absolute atomic E-state index is 11.5. The van der Waals surface area contributed by atoms with Gasteiger partial charge in [0.1, 0.15) is 3.53 Å². The summed E-state index contributed by atoms with van der Waals surface area (Å²) >= 11 is 7.67. The zero-order valence-corrected chi connectivity index (χ0v) is 15.0. The lowest BCUT2D eigenvalue weighted by atomic mass is 10.4. The molecule has 4 nitrogen and oxygen atoms in total. The van der Waals surface area contributed by atoms with E-state index in [1.54, 1.807) is 22.2 Å². The Labute approximate surface area is 134 Å². The second kappa shape index (κ2) is 9.20. The minimum atomic E-state index is -0.0485. The molecule has 0 amide bonds. The van der Waals surface area contributed by atoms with E-state index in [2.05, 4.69) is 0 Å². The van der Waals surface area contributed by atoms with Crippen molar-refractivity contribution >= 4 is 50.8 Å². The number of carbonyl (C=O) groups excluding carboxylic acids is 2. The highest BCUT2D eigenvalue weighted by Crippen LogP contribution is 2.31. The molecule has 0 aromatic rings. The van der Waals surface area contributed by atoms with Crippen LogP contribution in [0.3, 0.4) is 0 Å². The van der Waals surface area contributed by atoms with Gasteiger partial charge in [0.05, 0.1) is 9.81 Å². The van der Waals surface area contributed by atoms with Gasteiger partial charge in [-0.25, -0.2) is 0 Å². The van der Waals surface area contributed by atoms with Crippen LogP contribution in [0, 0.1) is 0 Å². The zero-order chi connectivity index (χ0) is 15.9. The number of rotatable bonds is 6. The van der Waals surface area contributed by atoms with Crippen LogP contribution in [0.5, 0.6) is 0 Å². The SMILES string of the molecule is CC(=O)/C(=C\N(C)C)SC(=S)S/C(=C/N(C)C)C(C)=O. The van der Waals surface area contributed by atoms with Crippen molar-refractivity contribution in [2.75, 3.05) is 28.2 Å². The molecule has 7 heteroatoms. The number of hydrogen-bond acceptors (Lipinski definition) is 7. The molecule has 0 spiro atoms. The Morgan fingerprint density at radius 1 is 0.850 bits per heavy atom. The van der Waals surface area contributed by atoms with E-state index >= 15 is 0 Å². The molecule has 0 aliphatic carbocycles. The van der Waals surface area contributed by atoms with E-state index in [0.717, 1.165) is 0 Å². The topological polar surface area (TPSA) is 40.6 Å². The van der Waals surface area contributed by atoms with Gasteiger partial charge in [0, 0.05) is 40.6 Å². The smallest absolute Gasteiger partial charge is 0.167 e. The number of nitrogens with zero attached hydrogens (tertiary/aromatic N) is 2. The lowest BCUT2D eigenvalue weighted by Crippen LogP contribution is -2.08. The minimum absolute atomic E-state index is 0.0485. The summed E-state index contributed by atoms with van der Waals surface area (Å²) in [6, 6.07) is 0. The van der Waals surface area contributed by atoms with Crippen molar-refractivity contribution in [3.05, 3.63) is 22.2 Å². The summed E-state index contributed by atoms with van der Waals surface area (Å²) in [6.45, 7) is 2.99. The third-order valence-electron chi connectivity index (χ3n) is 1.83. The summed E-state index contributed by atoms with van der Waals surface area (Å²) in [7, 11) is 7.36. The van der Waals surface area contributed by atoms with Crippen molar-refractivity contribution in [1.82, 2.24) is 9.80 Å². The molecule has 0 aromatic heterocycles. The molecule has 20 heavy (non-hydrogen) atoms. The van der Waals surface area contributed by atoms with E-state index in [-0.39, 0.29) is 11.6 Å². The molecule has 0 unspecified atom stereocenters. The van der Waals surface area contributed by atoms with Gasteiger partial charge in [0.15, 0.2) is 11.6 Å². The van der Waals surface area contributed by atoms with E-state index in [0.29, 0.717) is 13.3 Å². The summed E-state index contributed by atoms with van der Waals surface area (Å²) in [5.74, 6) is -0.0970. The number of ketones is 2. The Morgan fingerprint density at radius 3 is 1.35 bits per heavy atom. The number of carbonyl (C=O) groups is 2. The fourth-order valence-corrected chi connectivity index (χ4v) is 3.47. The van der Waals surface area contributed by atoms with Gasteiger partial charge < -0.3 is 9.80 Å². The van der Waals surface area contributed by atoms with E-state index in [9.17, 15) is 9.59 Å². The van der Waals surface area contributed by atoms with Crippen LogP contribution in [-0.4, -0.2) is 53.1 Å². The van der Waals surface area contributed by atoms with Gasteiger partial charge in [0.25, 0.3) is 0 Å². The van der Waals surface area contributed by atoms with Crippen molar-refractivity contribution in [2.45, 2.75) is 13.8 Å². The van der Waals surface area contributed by atoms with E-state index in [1.807, 2.05) is 28.2 Å². The Balaban J connectivity index is 4.92. The van der Waals surface area contributed by atoms with Crippen LogP contribution in [-0.2, 0) is 9.59 Å². The molecule has 112 valence electrons. The van der Waals surface area contributed by atoms with Gasteiger partial charge in [-0.15, -0.1) is 0 Å². The normalized spacial score (nSPS) is 12.1. The number of thiocarbonyl (C=S) groups is 1. The molecule has 0 rings (SSSR count). The van der Waals surface area contributed by atoms with Crippen molar-refractivity contribution in [3.8, 4) is 0 Å². The van der Waals surface area contributed by atoms with Gasteiger partial charge in [-0.3, -0.25) is 9.59 Å². The minimum Gasteiger partial charge on any atom is -0.382 e. The monoisotopic (exact) mass is 332 g/mol. The average Bonchev–Trinajstić information content (AvgIpc) is 2.25. The van der Waals surface area contributed by atoms with Gasteiger partial charge in [-0.05, 0) is 13.8 Å². The molecule has 0 saturated heterocycles. The van der Waals surface area contributed by atoms with Crippen LogP contribution in [0.2, 0.25) is 0 Å². The predicted octanol–water partition coefficient (Wildman–Crippen LogP) is 2.72. The van der Waals surface area contributed by atoms with Crippen molar-refractivity contribution in [1.29, 1.82) is 0 Å². The standard InChI is InChI=1S/C13H20N2O2S3/c1-9(16)11(7-14(3)4)19-13(18)20-12(10(2)17)8-15(5)6/h7-8H,1-6H3/b11-7+,12-8+. The molecule has 0 atom stereocenters. The summed E-state index contributed by atoms with van der Waals surface area (Å²) < 4.78 is 0.525. The first-order valence-corrected chi connectivity index (χ1v) is 7.85. The molecular formula is C13H20N2O2S3. The summed E-state index contributed by atoms with van der Waals surface area (Å²) in [5, 5.41) is 0. The Hall–Kier alpha value is -0.790. The number of allylic oxidation sites excluding steroid dienone is 2. The lowest BCUT2D eigenvalue weighted by molar-refractivity contribution is -0.113. The lowest BCUT2D eigenvalue weighted by Gasteiger charge is -2.11. The maximum Gasteiger partial charge on any atom is 0.167 e. The molecule has 0 aromatic carbocycles. The Bertz CT molecular complexity index is 415. The largest absolute Gasteiger partial charge is 0.382 e. The zero-order valence-electron chi connectivity index (χ0n) is 12.6. The first kappa shape index (κ1) is 19.2. The Morgan fingerprint density at radius 2 is 1.15 bits per heavy atom. The van der Waals surface area contributed by atoms with E-state index in [1.165, 1.54) is 37.4 Å². The molecule has 0 saturated carbocycles. The summed E-state index contributed by atoms with van der Waals surface area (Å²) in [5.41, 5.74) is 0. The van der Waals surface area contributed by atoms with Crippen LogP contribution in [0.1, 0.15) is 13.8 Å². The summed E-state index contributed by atoms with van der Waals surface area (Å²) in [4.78, 5) is 27.8. The molecule has 0 heterocycles. The highest BCUT2D eigenvalue weighted by atomic mass is 32.2. The van der Waals surface area contributed by atoms with Crippen molar-refractivity contribution in [2.24, 2.45) is 0 Å². The van der Waals surface area contributed by atoms with Crippen molar-refractivity contribution in [3.63, 3.8) is 0 Å².